The van der Waals surface area contributed by atoms with E-state index in [0.29, 0.717) is 11.4 Å². The molecule has 2 aromatic rings. The summed E-state index contributed by atoms with van der Waals surface area (Å²) in [6, 6.07) is 10.6. The van der Waals surface area contributed by atoms with E-state index in [2.05, 4.69) is 10.6 Å². The fourth-order valence-electron chi connectivity index (χ4n) is 2.37. The van der Waals surface area contributed by atoms with E-state index in [1.165, 1.54) is 6.92 Å². The highest BCUT2D eigenvalue weighted by Gasteiger charge is 2.23. The molecule has 0 aliphatic heterocycles. The van der Waals surface area contributed by atoms with Crippen molar-refractivity contribution in [2.45, 2.75) is 26.8 Å². The van der Waals surface area contributed by atoms with E-state index < -0.39 is 0 Å². The number of nitrogens with zero attached hydrogens (tertiary/aromatic N) is 1. The number of hydrogen-bond acceptors (Lipinski definition) is 2. The quantitative estimate of drug-likeness (QED) is 0.890. The molecule has 1 aromatic carbocycles. The molecule has 5 nitrogen and oxygen atoms in total. The summed E-state index contributed by atoms with van der Waals surface area (Å²) in [4.78, 5) is 23.5. The summed E-state index contributed by atoms with van der Waals surface area (Å²) >= 11 is 0. The number of aromatic nitrogens is 1. The van der Waals surface area contributed by atoms with Crippen LogP contribution in [0.4, 0.5) is 11.4 Å². The smallest absolute Gasteiger partial charge is 0.247 e. The third-order valence-electron chi connectivity index (χ3n) is 3.32. The standard InChI is InChI=1S/C17H21N3O2/c1-12(2)16(20-10-4-5-11-20)17(22)19-15-8-6-14(7-9-15)18-13(3)21/h4-12,16H,1-3H3,(H,18,21)(H,19,22)/t16-/m0/s1. The van der Waals surface area contributed by atoms with Crippen LogP contribution in [0, 0.1) is 5.92 Å². The number of hydrogen-bond donors (Lipinski definition) is 2. The van der Waals surface area contributed by atoms with Crippen molar-refractivity contribution in [2.75, 3.05) is 10.6 Å². The molecule has 2 amide bonds. The van der Waals surface area contributed by atoms with Gasteiger partial charge in [0.2, 0.25) is 11.8 Å². The topological polar surface area (TPSA) is 63.1 Å². The Labute approximate surface area is 130 Å². The molecular formula is C17H21N3O2. The minimum atomic E-state index is -0.259. The Morgan fingerprint density at radius 2 is 1.45 bits per heavy atom. The van der Waals surface area contributed by atoms with Gasteiger partial charge in [0, 0.05) is 30.7 Å². The van der Waals surface area contributed by atoms with Gasteiger partial charge >= 0.3 is 0 Å². The van der Waals surface area contributed by atoms with Crippen molar-refractivity contribution in [3.63, 3.8) is 0 Å². The Kier molecular flexibility index (Phi) is 4.99. The second-order valence-corrected chi connectivity index (χ2v) is 5.57. The predicted molar refractivity (Wildman–Crippen MR) is 87.7 cm³/mol. The lowest BCUT2D eigenvalue weighted by atomic mass is 10.0. The van der Waals surface area contributed by atoms with E-state index in [0.717, 1.165) is 0 Å². The zero-order chi connectivity index (χ0) is 16.1. The fraction of sp³-hybridized carbons (Fsp3) is 0.294. The van der Waals surface area contributed by atoms with Gasteiger partial charge < -0.3 is 15.2 Å². The molecule has 1 aromatic heterocycles. The van der Waals surface area contributed by atoms with Crippen LogP contribution in [0.2, 0.25) is 0 Å². The molecule has 0 bridgehead atoms. The lowest BCUT2D eigenvalue weighted by Crippen LogP contribution is -2.29. The van der Waals surface area contributed by atoms with E-state index in [1.807, 2.05) is 42.9 Å². The van der Waals surface area contributed by atoms with E-state index in [1.54, 1.807) is 24.3 Å². The average molecular weight is 299 g/mol. The maximum Gasteiger partial charge on any atom is 0.247 e. The van der Waals surface area contributed by atoms with Gasteiger partial charge in [0.15, 0.2) is 0 Å². The van der Waals surface area contributed by atoms with E-state index in [-0.39, 0.29) is 23.8 Å². The van der Waals surface area contributed by atoms with Gasteiger partial charge in [-0.15, -0.1) is 0 Å². The maximum absolute atomic E-state index is 12.5. The first-order valence-electron chi connectivity index (χ1n) is 7.28. The van der Waals surface area contributed by atoms with Crippen LogP contribution in [0.5, 0.6) is 0 Å². The van der Waals surface area contributed by atoms with Crippen molar-refractivity contribution in [1.82, 2.24) is 4.57 Å². The number of anilines is 2. The summed E-state index contributed by atoms with van der Waals surface area (Å²) in [7, 11) is 0. The monoisotopic (exact) mass is 299 g/mol. The Balaban J connectivity index is 2.08. The fourth-order valence-corrected chi connectivity index (χ4v) is 2.37. The highest BCUT2D eigenvalue weighted by atomic mass is 16.2. The van der Waals surface area contributed by atoms with Crippen LogP contribution in [-0.2, 0) is 9.59 Å². The van der Waals surface area contributed by atoms with Crippen LogP contribution in [-0.4, -0.2) is 16.4 Å². The van der Waals surface area contributed by atoms with Crippen LogP contribution in [0.25, 0.3) is 0 Å². The second-order valence-electron chi connectivity index (χ2n) is 5.57. The van der Waals surface area contributed by atoms with Gasteiger partial charge in [-0.2, -0.15) is 0 Å². The van der Waals surface area contributed by atoms with E-state index >= 15 is 0 Å². The molecule has 0 spiro atoms. The van der Waals surface area contributed by atoms with Crippen LogP contribution < -0.4 is 10.6 Å². The normalized spacial score (nSPS) is 12.0. The molecule has 2 N–H and O–H groups in total. The molecular weight excluding hydrogens is 278 g/mol. The van der Waals surface area contributed by atoms with E-state index in [9.17, 15) is 9.59 Å². The van der Waals surface area contributed by atoms with Crippen LogP contribution in [0.3, 0.4) is 0 Å². The zero-order valence-electron chi connectivity index (χ0n) is 13.0. The highest BCUT2D eigenvalue weighted by Crippen LogP contribution is 2.21. The molecule has 0 saturated heterocycles. The minimum absolute atomic E-state index is 0.0570. The number of amides is 2. The molecule has 0 radical (unpaired) electrons. The van der Waals surface area contributed by atoms with Gasteiger partial charge in [-0.05, 0) is 42.3 Å². The van der Waals surface area contributed by atoms with Gasteiger partial charge in [-0.25, -0.2) is 0 Å². The molecule has 0 aliphatic rings. The third kappa shape index (κ3) is 3.97. The number of benzene rings is 1. The molecule has 0 saturated carbocycles. The summed E-state index contributed by atoms with van der Waals surface area (Å²) in [6.45, 7) is 5.49. The Hall–Kier alpha value is -2.56. The highest BCUT2D eigenvalue weighted by molar-refractivity contribution is 5.94. The largest absolute Gasteiger partial charge is 0.342 e. The minimum Gasteiger partial charge on any atom is -0.342 e. The summed E-state index contributed by atoms with van der Waals surface area (Å²) in [5, 5.41) is 5.61. The SMILES string of the molecule is CC(=O)Nc1ccc(NC(=O)[C@H](C(C)C)n2cccc2)cc1. The molecule has 116 valence electrons. The van der Waals surface area contributed by atoms with Gasteiger partial charge in [0.1, 0.15) is 6.04 Å². The molecule has 0 unspecified atom stereocenters. The van der Waals surface area contributed by atoms with Crippen molar-refractivity contribution in [3.05, 3.63) is 48.8 Å². The molecule has 1 atom stereocenters. The number of carbonyl (C=O) groups is 2. The molecule has 1 heterocycles. The van der Waals surface area contributed by atoms with Crippen molar-refractivity contribution >= 4 is 23.2 Å². The van der Waals surface area contributed by atoms with Crippen molar-refractivity contribution < 1.29 is 9.59 Å². The van der Waals surface area contributed by atoms with Crippen molar-refractivity contribution in [3.8, 4) is 0 Å². The Morgan fingerprint density at radius 3 is 1.91 bits per heavy atom. The number of carbonyl (C=O) groups excluding carboxylic acids is 2. The maximum atomic E-state index is 12.5. The molecule has 0 fully saturated rings. The van der Waals surface area contributed by atoms with Crippen LogP contribution >= 0.6 is 0 Å². The first-order valence-corrected chi connectivity index (χ1v) is 7.28. The zero-order valence-corrected chi connectivity index (χ0v) is 13.0. The lowest BCUT2D eigenvalue weighted by molar-refractivity contribution is -0.120. The van der Waals surface area contributed by atoms with Crippen LogP contribution in [0.15, 0.2) is 48.8 Å². The van der Waals surface area contributed by atoms with Crippen molar-refractivity contribution in [1.29, 1.82) is 0 Å². The summed E-state index contributed by atoms with van der Waals surface area (Å²) in [5.74, 6) is -0.00575. The number of nitrogens with one attached hydrogen (secondary N) is 2. The summed E-state index contributed by atoms with van der Waals surface area (Å²) < 4.78 is 1.91. The average Bonchev–Trinajstić information content (AvgIpc) is 2.94. The van der Waals surface area contributed by atoms with Gasteiger partial charge in [0.25, 0.3) is 0 Å². The Morgan fingerprint density at radius 1 is 0.955 bits per heavy atom. The van der Waals surface area contributed by atoms with Gasteiger partial charge in [-0.1, -0.05) is 13.8 Å². The predicted octanol–water partition coefficient (Wildman–Crippen LogP) is 3.28. The summed E-state index contributed by atoms with van der Waals surface area (Å²) in [6.07, 6.45) is 3.79. The lowest BCUT2D eigenvalue weighted by Gasteiger charge is -2.22. The van der Waals surface area contributed by atoms with Gasteiger partial charge in [0.05, 0.1) is 0 Å². The molecule has 2 rings (SSSR count). The second kappa shape index (κ2) is 6.93. The van der Waals surface area contributed by atoms with Crippen LogP contribution in [0.1, 0.15) is 26.8 Å². The molecule has 5 heteroatoms. The molecule has 22 heavy (non-hydrogen) atoms. The van der Waals surface area contributed by atoms with E-state index in [4.69, 9.17) is 0 Å². The first-order chi connectivity index (χ1) is 10.5. The number of rotatable bonds is 5. The first kappa shape index (κ1) is 15.8. The summed E-state index contributed by atoms with van der Waals surface area (Å²) in [5.41, 5.74) is 1.41. The van der Waals surface area contributed by atoms with Gasteiger partial charge in [-0.3, -0.25) is 9.59 Å². The Bertz CT molecular complexity index is 630. The van der Waals surface area contributed by atoms with Crippen molar-refractivity contribution in [2.24, 2.45) is 5.92 Å². The third-order valence-corrected chi connectivity index (χ3v) is 3.32. The molecule has 0 aliphatic carbocycles.